The molecule has 0 saturated heterocycles. The number of amides is 1. The second-order valence-electron chi connectivity index (χ2n) is 6.71. The van der Waals surface area contributed by atoms with Crippen molar-refractivity contribution in [2.24, 2.45) is 5.92 Å². The number of halogens is 1. The molecule has 1 aromatic heterocycles. The fraction of sp³-hybridized carbons (Fsp3) is 0.238. The van der Waals surface area contributed by atoms with Gasteiger partial charge in [-0.25, -0.2) is 4.39 Å². The summed E-state index contributed by atoms with van der Waals surface area (Å²) < 4.78 is 14.0. The molecule has 0 spiro atoms. The fourth-order valence-corrected chi connectivity index (χ4v) is 3.57. The number of nitrogens with zero attached hydrogens (tertiary/aromatic N) is 1. The topological polar surface area (TPSA) is 42.0 Å². The van der Waals surface area contributed by atoms with Crippen LogP contribution in [0.25, 0.3) is 10.9 Å². The number of pyridine rings is 1. The zero-order valence-electron chi connectivity index (χ0n) is 14.1. The molecule has 0 fully saturated rings. The molecular formula is C21H19FN2O. The maximum Gasteiger partial charge on any atom is 0.256 e. The molecule has 1 N–H and O–H groups in total. The molecule has 3 aromatic rings. The van der Waals surface area contributed by atoms with Gasteiger partial charge in [0.1, 0.15) is 5.82 Å². The average Bonchev–Trinajstić information content (AvgIpc) is 2.61. The first-order valence-corrected chi connectivity index (χ1v) is 8.60. The predicted octanol–water partition coefficient (Wildman–Crippen LogP) is 4.75. The molecule has 4 rings (SSSR count). The molecule has 0 saturated carbocycles. The highest BCUT2D eigenvalue weighted by Crippen LogP contribution is 2.32. The summed E-state index contributed by atoms with van der Waals surface area (Å²) in [5.41, 5.74) is 3.65. The highest BCUT2D eigenvalue weighted by Gasteiger charge is 2.25. The van der Waals surface area contributed by atoms with E-state index in [-0.39, 0.29) is 11.6 Å². The van der Waals surface area contributed by atoms with Crippen LogP contribution in [0.1, 0.15) is 35.0 Å². The van der Waals surface area contributed by atoms with Gasteiger partial charge < -0.3 is 5.32 Å². The zero-order chi connectivity index (χ0) is 17.4. The van der Waals surface area contributed by atoms with Gasteiger partial charge >= 0.3 is 0 Å². The van der Waals surface area contributed by atoms with Crippen LogP contribution < -0.4 is 5.32 Å². The minimum absolute atomic E-state index is 0.200. The summed E-state index contributed by atoms with van der Waals surface area (Å²) >= 11 is 0. The van der Waals surface area contributed by atoms with Crippen LogP contribution in [0, 0.1) is 11.7 Å². The van der Waals surface area contributed by atoms with Crippen molar-refractivity contribution in [2.75, 3.05) is 5.32 Å². The maximum absolute atomic E-state index is 14.0. The normalized spacial score (nSPS) is 16.5. The van der Waals surface area contributed by atoms with Crippen LogP contribution in [-0.4, -0.2) is 10.9 Å². The van der Waals surface area contributed by atoms with E-state index in [1.807, 2.05) is 24.3 Å². The molecule has 3 nitrogen and oxygen atoms in total. The molecule has 1 aliphatic rings. The standard InChI is InChI=1S/C21H19FN2O/c1-13-10-11-18-15(12-13)20(14-6-2-4-8-17(14)23-18)21(25)24-19-9-5-3-7-16(19)22/h2-9,13H,10-12H2,1H3,(H,24,25). The van der Waals surface area contributed by atoms with E-state index in [2.05, 4.69) is 12.2 Å². The molecular weight excluding hydrogens is 315 g/mol. The van der Waals surface area contributed by atoms with Crippen LogP contribution >= 0.6 is 0 Å². The number of benzene rings is 2. The van der Waals surface area contributed by atoms with Crippen LogP contribution in [0.4, 0.5) is 10.1 Å². The van der Waals surface area contributed by atoms with Crippen molar-refractivity contribution in [3.05, 3.63) is 71.2 Å². The molecule has 1 unspecified atom stereocenters. The minimum Gasteiger partial charge on any atom is -0.319 e. The number of anilines is 1. The smallest absolute Gasteiger partial charge is 0.256 e. The molecule has 0 radical (unpaired) electrons. The lowest BCUT2D eigenvalue weighted by molar-refractivity contribution is 0.102. The molecule has 0 aliphatic heterocycles. The van der Waals surface area contributed by atoms with Gasteiger partial charge in [-0.15, -0.1) is 0 Å². The molecule has 1 heterocycles. The molecule has 1 aliphatic carbocycles. The number of hydrogen-bond donors (Lipinski definition) is 1. The number of carbonyl (C=O) groups excluding carboxylic acids is 1. The number of rotatable bonds is 2. The van der Waals surface area contributed by atoms with Gasteiger partial charge in [-0.3, -0.25) is 9.78 Å². The third kappa shape index (κ3) is 2.88. The Morgan fingerprint density at radius 2 is 1.92 bits per heavy atom. The minimum atomic E-state index is -0.434. The number of fused-ring (bicyclic) bond motifs is 2. The third-order valence-corrected chi connectivity index (χ3v) is 4.85. The van der Waals surface area contributed by atoms with Gasteiger partial charge in [0.2, 0.25) is 0 Å². The van der Waals surface area contributed by atoms with Gasteiger partial charge in [0, 0.05) is 11.1 Å². The number of aryl methyl sites for hydroxylation is 1. The van der Waals surface area contributed by atoms with Crippen LogP contribution in [0.2, 0.25) is 0 Å². The van der Waals surface area contributed by atoms with Crippen LogP contribution in [0.15, 0.2) is 48.5 Å². The summed E-state index contributed by atoms with van der Waals surface area (Å²) in [4.78, 5) is 17.8. The van der Waals surface area contributed by atoms with Gasteiger partial charge in [0.15, 0.2) is 0 Å². The molecule has 4 heteroatoms. The van der Waals surface area contributed by atoms with Gasteiger partial charge in [0.05, 0.1) is 16.8 Å². The van der Waals surface area contributed by atoms with Crippen molar-refractivity contribution in [2.45, 2.75) is 26.2 Å². The van der Waals surface area contributed by atoms with E-state index in [4.69, 9.17) is 4.98 Å². The molecule has 1 atom stereocenters. The lowest BCUT2D eigenvalue weighted by atomic mass is 9.84. The van der Waals surface area contributed by atoms with Crippen molar-refractivity contribution in [1.29, 1.82) is 0 Å². The molecule has 2 aromatic carbocycles. The Hall–Kier alpha value is -2.75. The summed E-state index contributed by atoms with van der Waals surface area (Å²) in [6, 6.07) is 13.9. The summed E-state index contributed by atoms with van der Waals surface area (Å²) in [6.45, 7) is 2.19. The second kappa shape index (κ2) is 6.28. The van der Waals surface area contributed by atoms with E-state index in [0.29, 0.717) is 11.5 Å². The van der Waals surface area contributed by atoms with Crippen molar-refractivity contribution in [3.63, 3.8) is 0 Å². The van der Waals surface area contributed by atoms with E-state index in [1.165, 1.54) is 6.07 Å². The Labute approximate surface area is 145 Å². The summed E-state index contributed by atoms with van der Waals surface area (Å²) in [7, 11) is 0. The first-order chi connectivity index (χ1) is 12.1. The Bertz CT molecular complexity index is 967. The second-order valence-corrected chi connectivity index (χ2v) is 6.71. The SMILES string of the molecule is CC1CCc2nc3ccccc3c(C(=O)Nc3ccccc3F)c2C1. The first-order valence-electron chi connectivity index (χ1n) is 8.60. The van der Waals surface area contributed by atoms with Gasteiger partial charge in [0.25, 0.3) is 5.91 Å². The van der Waals surface area contributed by atoms with Crippen molar-refractivity contribution < 1.29 is 9.18 Å². The Morgan fingerprint density at radius 1 is 1.16 bits per heavy atom. The highest BCUT2D eigenvalue weighted by atomic mass is 19.1. The molecule has 25 heavy (non-hydrogen) atoms. The number of aromatic nitrogens is 1. The summed E-state index contributed by atoms with van der Waals surface area (Å²) in [6.07, 6.45) is 2.78. The number of hydrogen-bond acceptors (Lipinski definition) is 2. The molecule has 1 amide bonds. The fourth-order valence-electron chi connectivity index (χ4n) is 3.57. The van der Waals surface area contributed by atoms with Crippen molar-refractivity contribution >= 4 is 22.5 Å². The Morgan fingerprint density at radius 3 is 2.76 bits per heavy atom. The van der Waals surface area contributed by atoms with Crippen LogP contribution in [-0.2, 0) is 12.8 Å². The van der Waals surface area contributed by atoms with E-state index in [0.717, 1.165) is 41.4 Å². The quantitative estimate of drug-likeness (QED) is 0.735. The third-order valence-electron chi connectivity index (χ3n) is 4.85. The Kier molecular flexibility index (Phi) is 3.96. The predicted molar refractivity (Wildman–Crippen MR) is 97.3 cm³/mol. The van der Waals surface area contributed by atoms with E-state index < -0.39 is 5.82 Å². The number of carbonyl (C=O) groups is 1. The summed E-state index contributed by atoms with van der Waals surface area (Å²) in [5.74, 6) is -0.194. The zero-order valence-corrected chi connectivity index (χ0v) is 14.1. The monoisotopic (exact) mass is 334 g/mol. The van der Waals surface area contributed by atoms with Gasteiger partial charge in [-0.2, -0.15) is 0 Å². The van der Waals surface area contributed by atoms with E-state index in [9.17, 15) is 9.18 Å². The van der Waals surface area contributed by atoms with Gasteiger partial charge in [-0.1, -0.05) is 37.3 Å². The van der Waals surface area contributed by atoms with E-state index in [1.54, 1.807) is 18.2 Å². The molecule has 0 bridgehead atoms. The first kappa shape index (κ1) is 15.8. The highest BCUT2D eigenvalue weighted by molar-refractivity contribution is 6.13. The summed E-state index contributed by atoms with van der Waals surface area (Å²) in [5, 5.41) is 3.57. The molecule has 126 valence electrons. The van der Waals surface area contributed by atoms with Crippen LogP contribution in [0.5, 0.6) is 0 Å². The van der Waals surface area contributed by atoms with Gasteiger partial charge in [-0.05, 0) is 48.9 Å². The number of para-hydroxylation sites is 2. The lowest BCUT2D eigenvalue weighted by Gasteiger charge is -2.24. The van der Waals surface area contributed by atoms with Crippen molar-refractivity contribution in [1.82, 2.24) is 4.98 Å². The largest absolute Gasteiger partial charge is 0.319 e. The Balaban J connectivity index is 1.86. The lowest BCUT2D eigenvalue weighted by Crippen LogP contribution is -2.22. The average molecular weight is 334 g/mol. The van der Waals surface area contributed by atoms with Crippen molar-refractivity contribution in [3.8, 4) is 0 Å². The maximum atomic E-state index is 14.0. The van der Waals surface area contributed by atoms with E-state index >= 15 is 0 Å². The number of nitrogens with one attached hydrogen (secondary N) is 1. The van der Waals surface area contributed by atoms with Crippen LogP contribution in [0.3, 0.4) is 0 Å².